The van der Waals surface area contributed by atoms with Gasteiger partial charge in [-0.15, -0.1) is 0 Å². The van der Waals surface area contributed by atoms with Crippen LogP contribution in [0.25, 0.3) is 0 Å². The highest BCUT2D eigenvalue weighted by atomic mass is 35.5. The summed E-state index contributed by atoms with van der Waals surface area (Å²) in [6.45, 7) is 6.84. The van der Waals surface area contributed by atoms with Crippen LogP contribution in [0.1, 0.15) is 63.5 Å². The summed E-state index contributed by atoms with van der Waals surface area (Å²) in [4.78, 5) is 0. The first-order valence-corrected chi connectivity index (χ1v) is 11.0. The van der Waals surface area contributed by atoms with Crippen LogP contribution in [0, 0.1) is 5.82 Å². The zero-order valence-corrected chi connectivity index (χ0v) is 18.4. The molecule has 0 fully saturated rings. The molecule has 2 aromatic carbocycles. The molecule has 0 unspecified atom stereocenters. The Hall–Kier alpha value is -1.78. The molecule has 0 aliphatic rings. The molecule has 0 saturated heterocycles. The largest absolute Gasteiger partial charge is 0.490 e. The average molecular weight is 422 g/mol. The molecule has 0 aromatic heterocycles. The van der Waals surface area contributed by atoms with Crippen LogP contribution in [0.4, 0.5) is 4.39 Å². The second-order valence-corrected chi connectivity index (χ2v) is 7.59. The van der Waals surface area contributed by atoms with Crippen molar-refractivity contribution in [2.45, 2.75) is 65.5 Å². The van der Waals surface area contributed by atoms with Crippen LogP contribution in [-0.4, -0.2) is 13.2 Å². The Morgan fingerprint density at radius 1 is 0.897 bits per heavy atom. The summed E-state index contributed by atoms with van der Waals surface area (Å²) in [6.07, 6.45) is 7.80. The van der Waals surface area contributed by atoms with E-state index < -0.39 is 0 Å². The highest BCUT2D eigenvalue weighted by molar-refractivity contribution is 6.31. The lowest BCUT2D eigenvalue weighted by atomic mass is 10.1. The summed E-state index contributed by atoms with van der Waals surface area (Å²) in [6, 6.07) is 10.3. The average Bonchev–Trinajstić information content (AvgIpc) is 2.70. The number of ether oxygens (including phenoxy) is 2. The van der Waals surface area contributed by atoms with Gasteiger partial charge in [-0.25, -0.2) is 4.39 Å². The van der Waals surface area contributed by atoms with Crippen LogP contribution in [0.2, 0.25) is 5.02 Å². The summed E-state index contributed by atoms with van der Waals surface area (Å²) in [5, 5.41) is 3.86. The van der Waals surface area contributed by atoms with Gasteiger partial charge in [0.1, 0.15) is 12.4 Å². The van der Waals surface area contributed by atoms with Gasteiger partial charge < -0.3 is 14.8 Å². The molecule has 29 heavy (non-hydrogen) atoms. The predicted molar refractivity (Wildman–Crippen MR) is 118 cm³/mol. The normalized spacial score (nSPS) is 10.9. The Kier molecular flexibility index (Phi) is 10.9. The molecule has 2 rings (SSSR count). The summed E-state index contributed by atoms with van der Waals surface area (Å²) in [5.41, 5.74) is 1.90. The molecule has 0 heterocycles. The van der Waals surface area contributed by atoms with E-state index in [1.54, 1.807) is 6.07 Å². The third-order valence-corrected chi connectivity index (χ3v) is 5.09. The van der Waals surface area contributed by atoms with E-state index in [1.807, 2.05) is 25.1 Å². The van der Waals surface area contributed by atoms with Crippen molar-refractivity contribution in [3.05, 3.63) is 58.4 Å². The number of hydrogen-bond acceptors (Lipinski definition) is 3. The molecule has 2 aromatic rings. The van der Waals surface area contributed by atoms with Gasteiger partial charge in [0.2, 0.25) is 0 Å². The lowest BCUT2D eigenvalue weighted by Crippen LogP contribution is -2.14. The van der Waals surface area contributed by atoms with Gasteiger partial charge >= 0.3 is 0 Å². The predicted octanol–water partition coefficient (Wildman–Crippen LogP) is 6.91. The monoisotopic (exact) mass is 421 g/mol. The topological polar surface area (TPSA) is 30.5 Å². The highest BCUT2D eigenvalue weighted by Gasteiger charge is 2.09. The van der Waals surface area contributed by atoms with E-state index in [1.165, 1.54) is 50.7 Å². The summed E-state index contributed by atoms with van der Waals surface area (Å²) in [7, 11) is 0. The lowest BCUT2D eigenvalue weighted by molar-refractivity contribution is 0.269. The van der Waals surface area contributed by atoms with Crippen LogP contribution >= 0.6 is 11.6 Å². The van der Waals surface area contributed by atoms with Crippen LogP contribution in [0.15, 0.2) is 36.4 Å². The van der Waals surface area contributed by atoms with Gasteiger partial charge in [-0.05, 0) is 49.7 Å². The molecule has 0 aliphatic heterocycles. The van der Waals surface area contributed by atoms with E-state index in [-0.39, 0.29) is 12.4 Å². The number of benzene rings is 2. The zero-order chi connectivity index (χ0) is 20.9. The fraction of sp³-hybridized carbons (Fsp3) is 0.500. The van der Waals surface area contributed by atoms with Gasteiger partial charge in [0.15, 0.2) is 11.5 Å². The molecule has 0 aliphatic carbocycles. The number of halogens is 2. The Balaban J connectivity index is 1.84. The molecule has 5 heteroatoms. The number of hydrogen-bond donors (Lipinski definition) is 1. The van der Waals surface area contributed by atoms with Crippen LogP contribution in [0.3, 0.4) is 0 Å². The van der Waals surface area contributed by atoms with Crippen LogP contribution in [-0.2, 0) is 13.2 Å². The van der Waals surface area contributed by atoms with E-state index in [2.05, 4.69) is 12.2 Å². The van der Waals surface area contributed by atoms with E-state index >= 15 is 0 Å². The van der Waals surface area contributed by atoms with Crippen molar-refractivity contribution in [2.75, 3.05) is 13.2 Å². The molecular weight excluding hydrogens is 389 g/mol. The summed E-state index contributed by atoms with van der Waals surface area (Å²) >= 11 is 6.08. The molecular formula is C24H33ClFNO2. The highest BCUT2D eigenvalue weighted by Crippen LogP contribution is 2.30. The SMILES string of the molecule is CCCCCCCCNCc1ccc(OCc2ccc(F)cc2Cl)c(OCC)c1. The molecule has 0 radical (unpaired) electrons. The van der Waals surface area contributed by atoms with E-state index in [4.69, 9.17) is 21.1 Å². The molecule has 160 valence electrons. The van der Waals surface area contributed by atoms with Gasteiger partial charge in [0.05, 0.1) is 11.6 Å². The standard InChI is InChI=1S/C24H33ClFNO2/c1-3-5-6-7-8-9-14-27-17-19-10-13-23(24(15-19)28-4-2)29-18-20-11-12-21(26)16-22(20)25/h10-13,15-16,27H,3-9,14,17-18H2,1-2H3. The van der Waals surface area contributed by atoms with Crippen molar-refractivity contribution in [2.24, 2.45) is 0 Å². The third-order valence-electron chi connectivity index (χ3n) is 4.74. The Morgan fingerprint density at radius 2 is 1.69 bits per heavy atom. The second-order valence-electron chi connectivity index (χ2n) is 7.18. The smallest absolute Gasteiger partial charge is 0.161 e. The first-order chi connectivity index (χ1) is 14.1. The van der Waals surface area contributed by atoms with E-state index in [9.17, 15) is 4.39 Å². The van der Waals surface area contributed by atoms with Gasteiger partial charge in [-0.3, -0.25) is 0 Å². The van der Waals surface area contributed by atoms with E-state index in [0.717, 1.165) is 24.2 Å². The van der Waals surface area contributed by atoms with Crippen LogP contribution < -0.4 is 14.8 Å². The first-order valence-electron chi connectivity index (χ1n) is 10.7. The molecule has 0 spiro atoms. The molecule has 3 nitrogen and oxygen atoms in total. The number of rotatable bonds is 14. The maximum atomic E-state index is 13.2. The fourth-order valence-corrected chi connectivity index (χ4v) is 3.33. The molecule has 0 amide bonds. The maximum absolute atomic E-state index is 13.2. The summed E-state index contributed by atoms with van der Waals surface area (Å²) in [5.74, 6) is 1.02. The van der Waals surface area contributed by atoms with Crippen molar-refractivity contribution >= 4 is 11.6 Å². The van der Waals surface area contributed by atoms with Crippen molar-refractivity contribution < 1.29 is 13.9 Å². The van der Waals surface area contributed by atoms with Gasteiger partial charge in [-0.2, -0.15) is 0 Å². The Bertz CT molecular complexity index is 739. The van der Waals surface area contributed by atoms with Gasteiger partial charge in [0, 0.05) is 12.1 Å². The fourth-order valence-electron chi connectivity index (χ4n) is 3.11. The van der Waals surface area contributed by atoms with Crippen molar-refractivity contribution in [3.63, 3.8) is 0 Å². The minimum absolute atomic E-state index is 0.259. The Morgan fingerprint density at radius 3 is 2.45 bits per heavy atom. The van der Waals surface area contributed by atoms with Crippen molar-refractivity contribution in [3.8, 4) is 11.5 Å². The van der Waals surface area contributed by atoms with Crippen molar-refractivity contribution in [1.82, 2.24) is 5.32 Å². The quantitative estimate of drug-likeness (QED) is 0.336. The van der Waals surface area contributed by atoms with Gasteiger partial charge in [-0.1, -0.05) is 62.8 Å². The first kappa shape index (κ1) is 23.5. The molecule has 0 atom stereocenters. The molecule has 0 saturated carbocycles. The summed E-state index contributed by atoms with van der Waals surface area (Å²) < 4.78 is 24.8. The Labute approximate surface area is 179 Å². The second kappa shape index (κ2) is 13.4. The minimum Gasteiger partial charge on any atom is -0.490 e. The maximum Gasteiger partial charge on any atom is 0.161 e. The lowest BCUT2D eigenvalue weighted by Gasteiger charge is -2.14. The molecule has 0 bridgehead atoms. The van der Waals surface area contributed by atoms with Crippen LogP contribution in [0.5, 0.6) is 11.5 Å². The van der Waals surface area contributed by atoms with E-state index in [0.29, 0.717) is 23.1 Å². The number of nitrogens with one attached hydrogen (secondary N) is 1. The molecule has 1 N–H and O–H groups in total. The zero-order valence-electron chi connectivity index (χ0n) is 17.6. The third kappa shape index (κ3) is 8.63. The number of unbranched alkanes of at least 4 members (excludes halogenated alkanes) is 5. The van der Waals surface area contributed by atoms with Crippen molar-refractivity contribution in [1.29, 1.82) is 0 Å². The van der Waals surface area contributed by atoms with Gasteiger partial charge in [0.25, 0.3) is 0 Å². The minimum atomic E-state index is -0.355.